The molecule has 11 heteroatoms. The van der Waals surface area contributed by atoms with E-state index in [1.807, 2.05) is 0 Å². The van der Waals surface area contributed by atoms with Crippen LogP contribution in [0.25, 0.3) is 5.69 Å². The Morgan fingerprint density at radius 2 is 1.90 bits per heavy atom. The summed E-state index contributed by atoms with van der Waals surface area (Å²) in [6.07, 6.45) is 0.939. The summed E-state index contributed by atoms with van der Waals surface area (Å²) in [5, 5.41) is 3.52. The summed E-state index contributed by atoms with van der Waals surface area (Å²) in [5.41, 5.74) is -0.152. The Hall–Kier alpha value is -2.40. The van der Waals surface area contributed by atoms with E-state index in [2.05, 4.69) is 9.82 Å². The van der Waals surface area contributed by atoms with Crippen molar-refractivity contribution in [1.29, 1.82) is 0 Å². The van der Waals surface area contributed by atoms with E-state index in [0.29, 0.717) is 24.2 Å². The van der Waals surface area contributed by atoms with Gasteiger partial charge in [-0.25, -0.2) is 17.8 Å². The number of likely N-dealkylation sites (tertiary alicyclic amines) is 1. The maximum atomic E-state index is 13.0. The number of alkyl halides is 3. The Balaban J connectivity index is 1.70. The standard InChI is InChI=1S/C19H23F3N4O3S/c1-30(28,29)23-11-9-15-4-2-3-12-25(15)18(27)14-5-7-16(8-6-14)26-13-10-17(24-26)19(20,21)22/h5-8,10,13,15,23H,2-4,9,11-12H2,1H3. The average Bonchev–Trinajstić information content (AvgIpc) is 3.18. The molecule has 3 rings (SSSR count). The minimum absolute atomic E-state index is 0.0689. The molecule has 1 aromatic carbocycles. The lowest BCUT2D eigenvalue weighted by molar-refractivity contribution is -0.141. The fourth-order valence-electron chi connectivity index (χ4n) is 3.52. The van der Waals surface area contributed by atoms with Crippen LogP contribution in [0.4, 0.5) is 13.2 Å². The number of carbonyl (C=O) groups is 1. The molecule has 2 aromatic rings. The van der Waals surface area contributed by atoms with Crippen molar-refractivity contribution in [2.45, 2.75) is 37.9 Å². The molecule has 1 unspecified atom stereocenters. The highest BCUT2D eigenvalue weighted by Crippen LogP contribution is 2.28. The van der Waals surface area contributed by atoms with Crippen LogP contribution in [0.15, 0.2) is 36.5 Å². The van der Waals surface area contributed by atoms with Gasteiger partial charge < -0.3 is 4.90 Å². The minimum Gasteiger partial charge on any atom is -0.336 e. The van der Waals surface area contributed by atoms with Crippen molar-refractivity contribution in [2.75, 3.05) is 19.3 Å². The molecule has 1 N–H and O–H groups in total. The summed E-state index contributed by atoms with van der Waals surface area (Å²) in [5.74, 6) is -0.179. The van der Waals surface area contributed by atoms with Gasteiger partial charge in [0.15, 0.2) is 5.69 Å². The van der Waals surface area contributed by atoms with E-state index in [0.717, 1.165) is 36.3 Å². The lowest BCUT2D eigenvalue weighted by Gasteiger charge is -2.36. The van der Waals surface area contributed by atoms with Crippen molar-refractivity contribution in [3.05, 3.63) is 47.8 Å². The molecule has 1 aliphatic heterocycles. The summed E-state index contributed by atoms with van der Waals surface area (Å²) in [7, 11) is -3.29. The van der Waals surface area contributed by atoms with Gasteiger partial charge in [-0.05, 0) is 56.0 Å². The number of hydrogen-bond acceptors (Lipinski definition) is 4. The minimum atomic E-state index is -4.52. The van der Waals surface area contributed by atoms with Crippen LogP contribution >= 0.6 is 0 Å². The first-order valence-corrected chi connectivity index (χ1v) is 11.4. The zero-order chi connectivity index (χ0) is 21.9. The number of sulfonamides is 1. The van der Waals surface area contributed by atoms with Gasteiger partial charge in [0.1, 0.15) is 0 Å². The SMILES string of the molecule is CS(=O)(=O)NCCC1CCCCN1C(=O)c1ccc(-n2ccc(C(F)(F)F)n2)cc1. The molecule has 0 aliphatic carbocycles. The van der Waals surface area contributed by atoms with E-state index < -0.39 is 21.9 Å². The molecule has 0 spiro atoms. The molecule has 1 atom stereocenters. The number of nitrogens with one attached hydrogen (secondary N) is 1. The molecule has 1 aliphatic rings. The Morgan fingerprint density at radius 1 is 1.20 bits per heavy atom. The maximum absolute atomic E-state index is 13.0. The second kappa shape index (κ2) is 8.76. The lowest BCUT2D eigenvalue weighted by Crippen LogP contribution is -2.45. The van der Waals surface area contributed by atoms with Crippen LogP contribution in [-0.2, 0) is 16.2 Å². The highest BCUT2D eigenvalue weighted by atomic mass is 32.2. The highest BCUT2D eigenvalue weighted by Gasteiger charge is 2.33. The first-order chi connectivity index (χ1) is 14.0. The molecule has 164 valence electrons. The average molecular weight is 444 g/mol. The molecule has 0 saturated carbocycles. The van der Waals surface area contributed by atoms with Crippen LogP contribution < -0.4 is 4.72 Å². The van der Waals surface area contributed by atoms with Crippen molar-refractivity contribution in [3.63, 3.8) is 0 Å². The zero-order valence-corrected chi connectivity index (χ0v) is 17.2. The first kappa shape index (κ1) is 22.3. The Bertz CT molecular complexity index is 987. The lowest BCUT2D eigenvalue weighted by atomic mass is 9.98. The van der Waals surface area contributed by atoms with Gasteiger partial charge in [0.2, 0.25) is 10.0 Å². The van der Waals surface area contributed by atoms with E-state index in [9.17, 15) is 26.4 Å². The molecule has 2 heterocycles. The number of carbonyl (C=O) groups excluding carboxylic acids is 1. The molecule has 1 fully saturated rings. The summed E-state index contributed by atoms with van der Waals surface area (Å²) >= 11 is 0. The number of halogens is 3. The maximum Gasteiger partial charge on any atom is 0.435 e. The Kier molecular flexibility index (Phi) is 6.51. The zero-order valence-electron chi connectivity index (χ0n) is 16.4. The van der Waals surface area contributed by atoms with Crippen LogP contribution in [-0.4, -0.2) is 54.4 Å². The van der Waals surface area contributed by atoms with Gasteiger partial charge in [0.25, 0.3) is 5.91 Å². The van der Waals surface area contributed by atoms with Crippen molar-refractivity contribution < 1.29 is 26.4 Å². The largest absolute Gasteiger partial charge is 0.435 e. The fraction of sp³-hybridized carbons (Fsp3) is 0.474. The Labute approximate surface area is 172 Å². The summed E-state index contributed by atoms with van der Waals surface area (Å²) in [4.78, 5) is 14.7. The van der Waals surface area contributed by atoms with Crippen LogP contribution in [0.1, 0.15) is 41.7 Å². The number of hydrogen-bond donors (Lipinski definition) is 1. The normalized spacial score (nSPS) is 17.9. The molecule has 1 saturated heterocycles. The number of piperidine rings is 1. The van der Waals surface area contributed by atoms with Gasteiger partial charge in [-0.15, -0.1) is 0 Å². The predicted octanol–water partition coefficient (Wildman–Crippen LogP) is 2.83. The molecular formula is C19H23F3N4O3S. The van der Waals surface area contributed by atoms with E-state index >= 15 is 0 Å². The van der Waals surface area contributed by atoms with Crippen molar-refractivity contribution in [3.8, 4) is 5.69 Å². The second-order valence-corrected chi connectivity index (χ2v) is 9.13. The van der Waals surface area contributed by atoms with Crippen LogP contribution in [0.3, 0.4) is 0 Å². The van der Waals surface area contributed by atoms with Gasteiger partial charge in [0.05, 0.1) is 11.9 Å². The summed E-state index contributed by atoms with van der Waals surface area (Å²) < 4.78 is 64.2. The molecule has 7 nitrogen and oxygen atoms in total. The molecule has 0 bridgehead atoms. The summed E-state index contributed by atoms with van der Waals surface area (Å²) in [6.45, 7) is 0.839. The third-order valence-corrected chi connectivity index (χ3v) is 5.72. The number of benzene rings is 1. The summed E-state index contributed by atoms with van der Waals surface area (Å²) in [6, 6.07) is 7.04. The fourth-order valence-corrected chi connectivity index (χ4v) is 4.01. The van der Waals surface area contributed by atoms with Crippen LogP contribution in [0.5, 0.6) is 0 Å². The van der Waals surface area contributed by atoms with Gasteiger partial charge in [0, 0.05) is 30.9 Å². The second-order valence-electron chi connectivity index (χ2n) is 7.29. The van der Waals surface area contributed by atoms with Gasteiger partial charge in [-0.3, -0.25) is 4.79 Å². The number of aromatic nitrogens is 2. The Morgan fingerprint density at radius 3 is 2.50 bits per heavy atom. The van der Waals surface area contributed by atoms with Crippen LogP contribution in [0.2, 0.25) is 0 Å². The molecule has 0 radical (unpaired) electrons. The van der Waals surface area contributed by atoms with E-state index in [1.54, 1.807) is 29.2 Å². The van der Waals surface area contributed by atoms with Gasteiger partial charge in [-0.2, -0.15) is 18.3 Å². The highest BCUT2D eigenvalue weighted by molar-refractivity contribution is 7.88. The van der Waals surface area contributed by atoms with E-state index in [-0.39, 0.29) is 18.5 Å². The predicted molar refractivity (Wildman–Crippen MR) is 105 cm³/mol. The van der Waals surface area contributed by atoms with Gasteiger partial charge in [-0.1, -0.05) is 0 Å². The monoisotopic (exact) mass is 444 g/mol. The molecular weight excluding hydrogens is 421 g/mol. The topological polar surface area (TPSA) is 84.3 Å². The number of rotatable bonds is 6. The molecule has 1 aromatic heterocycles. The number of nitrogens with zero attached hydrogens (tertiary/aromatic N) is 3. The first-order valence-electron chi connectivity index (χ1n) is 9.53. The van der Waals surface area contributed by atoms with Crippen molar-refractivity contribution in [1.82, 2.24) is 19.4 Å². The quantitative estimate of drug-likeness (QED) is 0.743. The number of amides is 1. The van der Waals surface area contributed by atoms with Gasteiger partial charge >= 0.3 is 6.18 Å². The van der Waals surface area contributed by atoms with Crippen LogP contribution in [0, 0.1) is 0 Å². The van der Waals surface area contributed by atoms with E-state index in [4.69, 9.17) is 0 Å². The smallest absolute Gasteiger partial charge is 0.336 e. The third kappa shape index (κ3) is 5.60. The molecule has 30 heavy (non-hydrogen) atoms. The third-order valence-electron chi connectivity index (χ3n) is 4.99. The van der Waals surface area contributed by atoms with Crippen molar-refractivity contribution >= 4 is 15.9 Å². The van der Waals surface area contributed by atoms with Crippen molar-refractivity contribution in [2.24, 2.45) is 0 Å². The molecule has 1 amide bonds. The van der Waals surface area contributed by atoms with E-state index in [1.165, 1.54) is 6.20 Å².